The first kappa shape index (κ1) is 29.0. The molecule has 4 nitrogen and oxygen atoms in total. The highest BCUT2D eigenvalue weighted by molar-refractivity contribution is 5.84. The molecule has 6 aliphatic carbocycles. The number of rotatable bonds is 4. The highest BCUT2D eigenvalue weighted by Gasteiger charge is 2.71. The van der Waals surface area contributed by atoms with Gasteiger partial charge in [0.15, 0.2) is 0 Å². The van der Waals surface area contributed by atoms with Crippen LogP contribution in [0.15, 0.2) is 24.3 Å². The number of aliphatic hydroxyl groups is 2. The fourth-order valence-corrected chi connectivity index (χ4v) is 12.9. The van der Waals surface area contributed by atoms with E-state index in [1.54, 1.807) is 0 Å². The SMILES string of the molecule is C=C(C)[C@@H]1CC[C@]2(C(=O)NC3C=CC(CO)C3)CC[C@]3(C)[C@H](CC[C@@H]4[C@@]5(C)CC[C@H](O)C(C)(C)[C@@H]5CC[C@]43C)[C@@H]12. The van der Waals surface area contributed by atoms with Crippen LogP contribution in [-0.4, -0.2) is 34.9 Å². The predicted octanol–water partition coefficient (Wildman–Crippen LogP) is 7.06. The number of aliphatic hydroxyl groups excluding tert-OH is 2. The number of carbonyl (C=O) groups is 1. The maximum atomic E-state index is 14.3. The van der Waals surface area contributed by atoms with E-state index in [4.69, 9.17) is 0 Å². The van der Waals surface area contributed by atoms with Crippen molar-refractivity contribution < 1.29 is 15.0 Å². The van der Waals surface area contributed by atoms with Crippen molar-refractivity contribution in [3.8, 4) is 0 Å². The molecule has 0 aromatic heterocycles. The summed E-state index contributed by atoms with van der Waals surface area (Å²) in [5, 5.41) is 24.1. The second kappa shape index (κ2) is 9.43. The average molecular weight is 552 g/mol. The lowest BCUT2D eigenvalue weighted by atomic mass is 9.32. The molecule has 0 saturated heterocycles. The Kier molecular flexibility index (Phi) is 6.83. The van der Waals surface area contributed by atoms with E-state index in [0.29, 0.717) is 29.6 Å². The molecular weight excluding hydrogens is 494 g/mol. The fourth-order valence-electron chi connectivity index (χ4n) is 12.9. The molecule has 5 fully saturated rings. The Morgan fingerprint density at radius 1 is 0.900 bits per heavy atom. The lowest BCUT2D eigenvalue weighted by Gasteiger charge is -2.72. The lowest BCUT2D eigenvalue weighted by Crippen LogP contribution is -2.67. The largest absolute Gasteiger partial charge is 0.396 e. The Morgan fingerprint density at radius 3 is 2.33 bits per heavy atom. The van der Waals surface area contributed by atoms with Gasteiger partial charge in [-0.05, 0) is 129 Å². The van der Waals surface area contributed by atoms with Crippen LogP contribution in [0.2, 0.25) is 0 Å². The van der Waals surface area contributed by atoms with Gasteiger partial charge in [-0.2, -0.15) is 0 Å². The van der Waals surface area contributed by atoms with Crippen LogP contribution in [0, 0.1) is 62.6 Å². The molecule has 0 aromatic carbocycles. The van der Waals surface area contributed by atoms with Crippen LogP contribution in [-0.2, 0) is 4.79 Å². The van der Waals surface area contributed by atoms with Crippen molar-refractivity contribution in [2.45, 2.75) is 124 Å². The summed E-state index contributed by atoms with van der Waals surface area (Å²) in [5.41, 5.74) is 1.71. The molecule has 5 saturated carbocycles. The highest BCUT2D eigenvalue weighted by atomic mass is 16.3. The molecule has 0 bridgehead atoms. The topological polar surface area (TPSA) is 69.6 Å². The van der Waals surface area contributed by atoms with Crippen LogP contribution in [0.3, 0.4) is 0 Å². The summed E-state index contributed by atoms with van der Waals surface area (Å²) in [7, 11) is 0. The van der Waals surface area contributed by atoms with Crippen LogP contribution in [0.4, 0.5) is 0 Å². The van der Waals surface area contributed by atoms with Crippen LogP contribution in [0.5, 0.6) is 0 Å². The van der Waals surface area contributed by atoms with Gasteiger partial charge in [-0.3, -0.25) is 4.79 Å². The van der Waals surface area contributed by atoms with Gasteiger partial charge >= 0.3 is 0 Å². The third kappa shape index (κ3) is 3.72. The van der Waals surface area contributed by atoms with Gasteiger partial charge in [0.25, 0.3) is 0 Å². The van der Waals surface area contributed by atoms with Gasteiger partial charge in [0.05, 0.1) is 11.5 Å². The van der Waals surface area contributed by atoms with Crippen LogP contribution in [0.25, 0.3) is 0 Å². The number of hydrogen-bond acceptors (Lipinski definition) is 3. The summed E-state index contributed by atoms with van der Waals surface area (Å²) in [5.74, 6) is 3.04. The third-order valence-electron chi connectivity index (χ3n) is 15.2. The van der Waals surface area contributed by atoms with Crippen LogP contribution < -0.4 is 5.32 Å². The van der Waals surface area contributed by atoms with Gasteiger partial charge in [-0.25, -0.2) is 0 Å². The minimum absolute atomic E-state index is 0.0217. The maximum absolute atomic E-state index is 14.3. The van der Waals surface area contributed by atoms with Crippen molar-refractivity contribution >= 4 is 5.91 Å². The molecular formula is C36H57NO3. The van der Waals surface area contributed by atoms with E-state index in [1.807, 2.05) is 0 Å². The van der Waals surface area contributed by atoms with Crippen molar-refractivity contribution in [3.63, 3.8) is 0 Å². The molecule has 6 rings (SSSR count). The Bertz CT molecular complexity index is 1080. The molecule has 224 valence electrons. The van der Waals surface area contributed by atoms with Gasteiger partial charge in [-0.15, -0.1) is 0 Å². The quantitative estimate of drug-likeness (QED) is 0.328. The Labute approximate surface area is 243 Å². The smallest absolute Gasteiger partial charge is 0.226 e. The number of allylic oxidation sites excluding steroid dienone is 1. The van der Waals surface area contributed by atoms with E-state index in [1.165, 1.54) is 31.3 Å². The Hall–Kier alpha value is -1.13. The van der Waals surface area contributed by atoms with Gasteiger partial charge < -0.3 is 15.5 Å². The molecule has 2 unspecified atom stereocenters. The van der Waals surface area contributed by atoms with Crippen molar-refractivity contribution in [2.24, 2.45) is 62.6 Å². The molecule has 40 heavy (non-hydrogen) atoms. The third-order valence-corrected chi connectivity index (χ3v) is 15.2. The first-order valence-electron chi connectivity index (χ1n) is 16.7. The van der Waals surface area contributed by atoms with E-state index >= 15 is 0 Å². The standard InChI is InChI=1S/C36H57NO3/c1-22(2)25-12-17-36(31(40)37-24-9-8-23(20-24)21-38)19-18-34(6)26(30(25)36)10-11-28-33(5)15-14-29(39)32(3,4)27(33)13-16-35(28,34)7/h8-9,23-30,38-39H,1,10-21H2,2-7H3,(H,37,40)/t23?,24?,25-,26+,27-,28+,29-,30+,33-,34+,35+,36-/m0/s1. The van der Waals surface area contributed by atoms with Crippen LogP contribution in [0.1, 0.15) is 112 Å². The molecule has 12 atom stereocenters. The first-order valence-corrected chi connectivity index (χ1v) is 16.7. The van der Waals surface area contributed by atoms with E-state index in [0.717, 1.165) is 44.9 Å². The van der Waals surface area contributed by atoms with Crippen molar-refractivity contribution in [1.82, 2.24) is 5.32 Å². The zero-order valence-corrected chi connectivity index (χ0v) is 26.3. The number of amides is 1. The first-order chi connectivity index (χ1) is 18.7. The summed E-state index contributed by atoms with van der Waals surface area (Å²) >= 11 is 0. The normalized spacial score (nSPS) is 52.7. The monoisotopic (exact) mass is 551 g/mol. The second-order valence-corrected chi connectivity index (χ2v) is 16.9. The summed E-state index contributed by atoms with van der Waals surface area (Å²) in [6, 6.07) is 0.0466. The molecule has 0 heterocycles. The Morgan fingerprint density at radius 2 is 1.65 bits per heavy atom. The molecule has 4 heteroatoms. The zero-order valence-electron chi connectivity index (χ0n) is 26.3. The summed E-state index contributed by atoms with van der Waals surface area (Å²) in [4.78, 5) is 14.3. The summed E-state index contributed by atoms with van der Waals surface area (Å²) in [6.45, 7) is 19.4. The maximum Gasteiger partial charge on any atom is 0.226 e. The summed E-state index contributed by atoms with van der Waals surface area (Å²) < 4.78 is 0. The van der Waals surface area contributed by atoms with Crippen molar-refractivity contribution in [2.75, 3.05) is 6.61 Å². The molecule has 1 amide bonds. The van der Waals surface area contributed by atoms with Crippen molar-refractivity contribution in [3.05, 3.63) is 24.3 Å². The van der Waals surface area contributed by atoms with E-state index < -0.39 is 0 Å². The minimum atomic E-state index is -0.291. The minimum Gasteiger partial charge on any atom is -0.396 e. The van der Waals surface area contributed by atoms with Crippen molar-refractivity contribution in [1.29, 1.82) is 0 Å². The number of hydrogen-bond donors (Lipinski definition) is 3. The molecule has 0 aromatic rings. The number of nitrogens with one attached hydrogen (secondary N) is 1. The van der Waals surface area contributed by atoms with E-state index in [9.17, 15) is 15.0 Å². The highest BCUT2D eigenvalue weighted by Crippen LogP contribution is 2.77. The average Bonchev–Trinajstić information content (AvgIpc) is 3.52. The molecule has 0 radical (unpaired) electrons. The Balaban J connectivity index is 1.33. The zero-order chi connectivity index (χ0) is 28.9. The predicted molar refractivity (Wildman–Crippen MR) is 161 cm³/mol. The van der Waals surface area contributed by atoms with Crippen LogP contribution >= 0.6 is 0 Å². The van der Waals surface area contributed by atoms with Gasteiger partial charge in [0, 0.05) is 18.6 Å². The molecule has 0 spiro atoms. The van der Waals surface area contributed by atoms with Gasteiger partial charge in [-0.1, -0.05) is 58.9 Å². The van der Waals surface area contributed by atoms with E-state index in [-0.39, 0.29) is 57.7 Å². The number of carbonyl (C=O) groups excluding carboxylic acids is 1. The fraction of sp³-hybridized carbons (Fsp3) is 0.861. The number of fused-ring (bicyclic) bond motifs is 7. The molecule has 0 aliphatic heterocycles. The molecule has 3 N–H and O–H groups in total. The van der Waals surface area contributed by atoms with E-state index in [2.05, 4.69) is 65.6 Å². The lowest BCUT2D eigenvalue weighted by molar-refractivity contribution is -0.246. The van der Waals surface area contributed by atoms with Gasteiger partial charge in [0.1, 0.15) is 0 Å². The molecule has 6 aliphatic rings. The second-order valence-electron chi connectivity index (χ2n) is 16.9. The summed E-state index contributed by atoms with van der Waals surface area (Å²) in [6.07, 6.45) is 16.1. The van der Waals surface area contributed by atoms with Gasteiger partial charge in [0.2, 0.25) is 5.91 Å².